The second kappa shape index (κ2) is 7.89. The van der Waals surface area contributed by atoms with Gasteiger partial charge in [-0.1, -0.05) is 12.1 Å². The van der Waals surface area contributed by atoms with Gasteiger partial charge in [-0.05, 0) is 36.4 Å². The van der Waals surface area contributed by atoms with E-state index in [0.29, 0.717) is 17.0 Å². The minimum Gasteiger partial charge on any atom is -0.497 e. The molecule has 2 aliphatic heterocycles. The fraction of sp³-hybridized carbons (Fsp3) is 0.263. The Balaban J connectivity index is 2.18. The number of amides is 1. The lowest BCUT2D eigenvalue weighted by Crippen LogP contribution is -2.44. The molecule has 2 heterocycles. The molecule has 2 aliphatic rings. The maximum absolute atomic E-state index is 12.9. The Bertz CT molecular complexity index is 949. The average Bonchev–Trinajstić information content (AvgIpc) is 2.71. The van der Waals surface area contributed by atoms with Crippen LogP contribution in [0.2, 0.25) is 0 Å². The third-order valence-corrected chi connectivity index (χ3v) is 5.26. The summed E-state index contributed by atoms with van der Waals surface area (Å²) in [6.45, 7) is 1.66. The van der Waals surface area contributed by atoms with Crippen molar-refractivity contribution < 1.29 is 28.6 Å². The number of hydrogen-bond acceptors (Lipinski definition) is 8. The molecular weight excluding hydrogens is 384 g/mol. The smallest absolute Gasteiger partial charge is 0.345 e. The number of fused-ring (bicyclic) bond motifs is 1. The molecule has 0 N–H and O–H groups in total. The summed E-state index contributed by atoms with van der Waals surface area (Å²) in [4.78, 5) is 43.2. The molecule has 0 bridgehead atoms. The summed E-state index contributed by atoms with van der Waals surface area (Å²) in [5.41, 5.74) is 1.29. The van der Waals surface area contributed by atoms with Crippen LogP contribution in [0.25, 0.3) is 0 Å². The van der Waals surface area contributed by atoms with Gasteiger partial charge >= 0.3 is 11.9 Å². The Morgan fingerprint density at radius 2 is 1.86 bits per heavy atom. The lowest BCUT2D eigenvalue weighted by atomic mass is 9.94. The van der Waals surface area contributed by atoms with Crippen molar-refractivity contribution in [1.82, 2.24) is 4.90 Å². The number of allylic oxidation sites excluding steroid dienone is 1. The van der Waals surface area contributed by atoms with E-state index < -0.39 is 23.9 Å². The van der Waals surface area contributed by atoms with E-state index in [4.69, 9.17) is 14.2 Å². The summed E-state index contributed by atoms with van der Waals surface area (Å²) in [6, 6.07) is 6.27. The van der Waals surface area contributed by atoms with Gasteiger partial charge in [0.25, 0.3) is 5.91 Å². The summed E-state index contributed by atoms with van der Waals surface area (Å²) in [5.74, 6) is -1.13. The molecule has 0 radical (unpaired) electrons. The van der Waals surface area contributed by atoms with Gasteiger partial charge in [0, 0.05) is 6.08 Å². The van der Waals surface area contributed by atoms with Gasteiger partial charge in [0.15, 0.2) is 5.17 Å². The summed E-state index contributed by atoms with van der Waals surface area (Å²) in [7, 11) is 4.04. The maximum atomic E-state index is 12.9. The van der Waals surface area contributed by atoms with Gasteiger partial charge < -0.3 is 14.2 Å². The zero-order valence-corrected chi connectivity index (χ0v) is 16.5. The van der Waals surface area contributed by atoms with Gasteiger partial charge in [0.1, 0.15) is 10.7 Å². The van der Waals surface area contributed by atoms with E-state index in [0.717, 1.165) is 11.8 Å². The Hall–Kier alpha value is -3.07. The second-order valence-corrected chi connectivity index (χ2v) is 6.88. The molecule has 3 rings (SSSR count). The van der Waals surface area contributed by atoms with Crippen LogP contribution in [0, 0.1) is 0 Å². The van der Waals surface area contributed by atoms with Gasteiger partial charge in [0.05, 0.1) is 38.6 Å². The fourth-order valence-corrected chi connectivity index (χ4v) is 4.00. The number of methoxy groups -OCH3 is 3. The van der Waals surface area contributed by atoms with E-state index >= 15 is 0 Å². The first-order valence-corrected chi connectivity index (χ1v) is 9.05. The molecule has 1 aromatic rings. The first-order chi connectivity index (χ1) is 13.4. The van der Waals surface area contributed by atoms with Gasteiger partial charge in [0.2, 0.25) is 0 Å². The quantitative estimate of drug-likeness (QED) is 0.713. The fourth-order valence-electron chi connectivity index (χ4n) is 3.00. The monoisotopic (exact) mass is 402 g/mol. The number of carbonyl (C=O) groups excluding carboxylic acids is 3. The number of hydrogen-bond donors (Lipinski definition) is 0. The molecule has 1 aromatic carbocycles. The summed E-state index contributed by atoms with van der Waals surface area (Å²) < 4.78 is 14.9. The zero-order chi connectivity index (χ0) is 20.4. The third-order valence-electron chi connectivity index (χ3n) is 4.29. The Labute approximate surface area is 165 Å². The summed E-state index contributed by atoms with van der Waals surface area (Å²) in [6.07, 6.45) is 1.18. The lowest BCUT2D eigenvalue weighted by molar-refractivity contribution is -0.138. The largest absolute Gasteiger partial charge is 0.497 e. The summed E-state index contributed by atoms with van der Waals surface area (Å²) in [5, 5.41) is 0.283. The topological polar surface area (TPSA) is 94.5 Å². The van der Waals surface area contributed by atoms with Crippen LogP contribution in [0.3, 0.4) is 0 Å². The van der Waals surface area contributed by atoms with Crippen LogP contribution in [0.1, 0.15) is 18.5 Å². The minimum atomic E-state index is -0.773. The molecule has 0 fully saturated rings. The molecule has 9 heteroatoms. The van der Waals surface area contributed by atoms with E-state index in [1.54, 1.807) is 31.2 Å². The van der Waals surface area contributed by atoms with Gasteiger partial charge in [-0.25, -0.2) is 14.6 Å². The van der Waals surface area contributed by atoms with Crippen LogP contribution in [0.4, 0.5) is 0 Å². The number of aliphatic imine (C=N–C) groups is 1. The molecule has 0 saturated heterocycles. The van der Waals surface area contributed by atoms with Gasteiger partial charge in [-0.15, -0.1) is 0 Å². The van der Waals surface area contributed by atoms with Crippen LogP contribution < -0.4 is 4.74 Å². The molecule has 0 spiro atoms. The number of ether oxygens (including phenoxy) is 3. The van der Waals surface area contributed by atoms with Crippen LogP contribution in [-0.2, 0) is 23.9 Å². The van der Waals surface area contributed by atoms with Crippen molar-refractivity contribution in [3.05, 3.63) is 52.1 Å². The van der Waals surface area contributed by atoms with E-state index in [1.165, 1.54) is 32.3 Å². The Morgan fingerprint density at radius 1 is 1.14 bits per heavy atom. The number of nitrogens with zero attached hydrogens (tertiary/aromatic N) is 2. The van der Waals surface area contributed by atoms with E-state index in [1.807, 2.05) is 0 Å². The van der Waals surface area contributed by atoms with Crippen molar-refractivity contribution in [2.24, 2.45) is 4.99 Å². The molecule has 8 nitrogen and oxygen atoms in total. The molecular formula is C19H18N2O6S. The zero-order valence-electron chi connectivity index (χ0n) is 15.7. The van der Waals surface area contributed by atoms with E-state index in [9.17, 15) is 14.4 Å². The lowest BCUT2D eigenvalue weighted by Gasteiger charge is -2.37. The minimum absolute atomic E-state index is 0.126. The molecule has 0 saturated carbocycles. The highest BCUT2D eigenvalue weighted by Crippen LogP contribution is 2.42. The third kappa shape index (κ3) is 3.40. The first kappa shape index (κ1) is 19.7. The number of rotatable bonds is 4. The average molecular weight is 402 g/mol. The molecule has 28 heavy (non-hydrogen) atoms. The van der Waals surface area contributed by atoms with Crippen molar-refractivity contribution in [3.8, 4) is 5.75 Å². The molecule has 0 aromatic heterocycles. The predicted molar refractivity (Wildman–Crippen MR) is 102 cm³/mol. The maximum Gasteiger partial charge on any atom is 0.345 e. The van der Waals surface area contributed by atoms with Crippen molar-refractivity contribution >= 4 is 34.8 Å². The first-order valence-electron chi connectivity index (χ1n) is 8.24. The SMILES string of the molecule is COC(=O)C1=CC(=O)N2C(=NC(C)=C(C(=O)OC)[C@H]2c2cccc(OC)c2)S1. The highest BCUT2D eigenvalue weighted by molar-refractivity contribution is 8.18. The normalized spacial score (nSPS) is 18.8. The highest BCUT2D eigenvalue weighted by Gasteiger charge is 2.42. The van der Waals surface area contributed by atoms with Crippen LogP contribution in [-0.4, -0.2) is 49.2 Å². The molecule has 146 valence electrons. The van der Waals surface area contributed by atoms with Crippen LogP contribution in [0.5, 0.6) is 5.75 Å². The number of carbonyl (C=O) groups is 3. The standard InChI is InChI=1S/C19H18N2O6S/c1-10-15(18(24)27-4)16(11-6-5-7-12(8-11)25-2)21-14(22)9-13(17(23)26-3)28-19(21)20-10/h5-9,16H,1-4H3/t16-/m1/s1. The number of esters is 2. The van der Waals surface area contributed by atoms with Crippen molar-refractivity contribution in [2.45, 2.75) is 13.0 Å². The molecule has 0 aliphatic carbocycles. The van der Waals surface area contributed by atoms with E-state index in [2.05, 4.69) is 4.99 Å². The molecule has 1 atom stereocenters. The van der Waals surface area contributed by atoms with Crippen molar-refractivity contribution in [3.63, 3.8) is 0 Å². The van der Waals surface area contributed by atoms with Crippen LogP contribution in [0.15, 0.2) is 51.5 Å². The number of benzene rings is 1. The number of thioether (sulfide) groups is 1. The Kier molecular flexibility index (Phi) is 5.55. The van der Waals surface area contributed by atoms with Gasteiger partial charge in [-0.3, -0.25) is 9.69 Å². The molecule has 0 unspecified atom stereocenters. The predicted octanol–water partition coefficient (Wildman–Crippen LogP) is 2.19. The van der Waals surface area contributed by atoms with Gasteiger partial charge in [-0.2, -0.15) is 0 Å². The Morgan fingerprint density at radius 3 is 2.50 bits per heavy atom. The second-order valence-electron chi connectivity index (χ2n) is 5.87. The van der Waals surface area contributed by atoms with Crippen LogP contribution >= 0.6 is 11.8 Å². The van der Waals surface area contributed by atoms with E-state index in [-0.39, 0.29) is 15.6 Å². The highest BCUT2D eigenvalue weighted by atomic mass is 32.2. The number of amidine groups is 1. The summed E-state index contributed by atoms with van der Waals surface area (Å²) >= 11 is 1.01. The molecule has 1 amide bonds. The van der Waals surface area contributed by atoms with Crippen molar-refractivity contribution in [1.29, 1.82) is 0 Å². The van der Waals surface area contributed by atoms with Crippen molar-refractivity contribution in [2.75, 3.05) is 21.3 Å².